The normalized spacial score (nSPS) is 11.7. The molecule has 14 heavy (non-hydrogen) atoms. The molecule has 1 atom stereocenters. The van der Waals surface area contributed by atoms with Crippen molar-refractivity contribution in [3.63, 3.8) is 0 Å². The minimum atomic E-state index is -0.926. The molecule has 0 fully saturated rings. The standard InChI is InChI=1S/C11H9ClO2/c1-2-4-10(11(13)14)8-5-3-6-9(12)7-8/h1,3,5-7,10H,4H2,(H,13,14). The number of rotatable bonds is 3. The van der Waals surface area contributed by atoms with Crippen LogP contribution in [0.15, 0.2) is 24.3 Å². The molecule has 1 N–H and O–H groups in total. The van der Waals surface area contributed by atoms with E-state index in [2.05, 4.69) is 5.92 Å². The Labute approximate surface area is 87.5 Å². The van der Waals surface area contributed by atoms with E-state index in [1.807, 2.05) is 0 Å². The van der Waals surface area contributed by atoms with Crippen LogP contribution < -0.4 is 0 Å². The molecular weight excluding hydrogens is 200 g/mol. The second-order valence-corrected chi connectivity index (χ2v) is 3.29. The Morgan fingerprint density at radius 3 is 2.86 bits per heavy atom. The highest BCUT2D eigenvalue weighted by Gasteiger charge is 2.18. The summed E-state index contributed by atoms with van der Waals surface area (Å²) in [5, 5.41) is 9.43. The maximum absolute atomic E-state index is 10.9. The predicted molar refractivity (Wildman–Crippen MR) is 55.3 cm³/mol. The van der Waals surface area contributed by atoms with Crippen molar-refractivity contribution >= 4 is 17.6 Å². The van der Waals surface area contributed by atoms with Gasteiger partial charge in [-0.2, -0.15) is 0 Å². The first-order chi connectivity index (χ1) is 6.65. The Hall–Kier alpha value is -1.46. The van der Waals surface area contributed by atoms with E-state index >= 15 is 0 Å². The second-order valence-electron chi connectivity index (χ2n) is 2.85. The predicted octanol–water partition coefficient (Wildman–Crippen LogP) is 2.53. The fraction of sp³-hybridized carbons (Fsp3) is 0.182. The topological polar surface area (TPSA) is 37.3 Å². The van der Waals surface area contributed by atoms with Gasteiger partial charge < -0.3 is 5.11 Å². The van der Waals surface area contributed by atoms with Crippen LogP contribution in [0.1, 0.15) is 17.9 Å². The van der Waals surface area contributed by atoms with Gasteiger partial charge in [-0.3, -0.25) is 4.79 Å². The van der Waals surface area contributed by atoms with Crippen LogP contribution in [0.5, 0.6) is 0 Å². The van der Waals surface area contributed by atoms with Gasteiger partial charge in [-0.15, -0.1) is 12.3 Å². The molecule has 0 aliphatic heterocycles. The molecule has 0 saturated heterocycles. The van der Waals surface area contributed by atoms with Crippen molar-refractivity contribution in [3.05, 3.63) is 34.9 Å². The highest BCUT2D eigenvalue weighted by molar-refractivity contribution is 6.30. The number of aliphatic carboxylic acids is 1. The molecule has 0 aliphatic rings. The van der Waals surface area contributed by atoms with Crippen LogP contribution in [0.3, 0.4) is 0 Å². The van der Waals surface area contributed by atoms with Gasteiger partial charge in [0.15, 0.2) is 0 Å². The molecule has 1 unspecified atom stereocenters. The van der Waals surface area contributed by atoms with E-state index < -0.39 is 11.9 Å². The molecule has 0 saturated carbocycles. The zero-order chi connectivity index (χ0) is 10.6. The zero-order valence-electron chi connectivity index (χ0n) is 7.40. The summed E-state index contributed by atoms with van der Waals surface area (Å²) in [5.74, 6) is 0.750. The third kappa shape index (κ3) is 2.51. The minimum Gasteiger partial charge on any atom is -0.481 e. The summed E-state index contributed by atoms with van der Waals surface area (Å²) in [4.78, 5) is 10.9. The Kier molecular flexibility index (Phi) is 3.55. The van der Waals surface area contributed by atoms with Crippen LogP contribution in [0.2, 0.25) is 5.02 Å². The molecule has 1 aromatic rings. The molecule has 1 rings (SSSR count). The first-order valence-corrected chi connectivity index (χ1v) is 4.44. The third-order valence-corrected chi connectivity index (χ3v) is 2.11. The molecule has 0 aliphatic carbocycles. The number of carbonyl (C=O) groups is 1. The summed E-state index contributed by atoms with van der Waals surface area (Å²) in [7, 11) is 0. The van der Waals surface area contributed by atoms with E-state index in [0.29, 0.717) is 10.6 Å². The lowest BCUT2D eigenvalue weighted by Crippen LogP contribution is -2.10. The van der Waals surface area contributed by atoms with Crippen molar-refractivity contribution in [3.8, 4) is 12.3 Å². The Balaban J connectivity index is 3.00. The van der Waals surface area contributed by atoms with Gasteiger partial charge >= 0.3 is 5.97 Å². The second kappa shape index (κ2) is 4.69. The average Bonchev–Trinajstić information content (AvgIpc) is 2.13. The van der Waals surface area contributed by atoms with Gasteiger partial charge in [0.25, 0.3) is 0 Å². The fourth-order valence-electron chi connectivity index (χ4n) is 1.19. The molecule has 0 spiro atoms. The van der Waals surface area contributed by atoms with E-state index in [9.17, 15) is 4.79 Å². The minimum absolute atomic E-state index is 0.176. The number of hydrogen-bond acceptors (Lipinski definition) is 1. The van der Waals surface area contributed by atoms with Crippen molar-refractivity contribution in [2.24, 2.45) is 0 Å². The summed E-state index contributed by atoms with van der Waals surface area (Å²) in [6.45, 7) is 0. The molecule has 0 aromatic heterocycles. The number of hydrogen-bond donors (Lipinski definition) is 1. The smallest absolute Gasteiger partial charge is 0.311 e. The van der Waals surface area contributed by atoms with Crippen LogP contribution in [0, 0.1) is 12.3 Å². The third-order valence-electron chi connectivity index (χ3n) is 1.87. The summed E-state index contributed by atoms with van der Waals surface area (Å²) in [6.07, 6.45) is 5.27. The fourth-order valence-corrected chi connectivity index (χ4v) is 1.39. The molecule has 0 heterocycles. The Bertz CT molecular complexity index is 379. The number of carboxylic acids is 1. The molecule has 72 valence electrons. The van der Waals surface area contributed by atoms with Gasteiger partial charge in [-0.1, -0.05) is 23.7 Å². The lowest BCUT2D eigenvalue weighted by Gasteiger charge is -2.09. The highest BCUT2D eigenvalue weighted by atomic mass is 35.5. The van der Waals surface area contributed by atoms with Gasteiger partial charge in [-0.25, -0.2) is 0 Å². The van der Waals surface area contributed by atoms with Gasteiger partial charge in [0.2, 0.25) is 0 Å². The molecule has 0 radical (unpaired) electrons. The van der Waals surface area contributed by atoms with E-state index in [0.717, 1.165) is 0 Å². The lowest BCUT2D eigenvalue weighted by molar-refractivity contribution is -0.138. The number of terminal acetylenes is 1. The first-order valence-electron chi connectivity index (χ1n) is 4.07. The SMILES string of the molecule is C#CCC(C(=O)O)c1cccc(Cl)c1. The molecule has 0 bridgehead atoms. The van der Waals surface area contributed by atoms with Gasteiger partial charge in [-0.05, 0) is 17.7 Å². The Morgan fingerprint density at radius 2 is 2.36 bits per heavy atom. The summed E-state index contributed by atoms with van der Waals surface area (Å²) in [5.41, 5.74) is 0.642. The summed E-state index contributed by atoms with van der Waals surface area (Å²) >= 11 is 5.75. The molecular formula is C11H9ClO2. The maximum Gasteiger partial charge on any atom is 0.311 e. The van der Waals surface area contributed by atoms with E-state index in [1.165, 1.54) is 0 Å². The van der Waals surface area contributed by atoms with Gasteiger partial charge in [0.05, 0.1) is 5.92 Å². The number of halogens is 1. The van der Waals surface area contributed by atoms with Crippen LogP contribution in [0.4, 0.5) is 0 Å². The molecule has 1 aromatic carbocycles. The van der Waals surface area contributed by atoms with E-state index in [4.69, 9.17) is 23.1 Å². The summed E-state index contributed by atoms with van der Waals surface area (Å²) < 4.78 is 0. The van der Waals surface area contributed by atoms with Gasteiger partial charge in [0.1, 0.15) is 0 Å². The lowest BCUT2D eigenvalue weighted by atomic mass is 9.96. The zero-order valence-corrected chi connectivity index (χ0v) is 8.16. The van der Waals surface area contributed by atoms with Crippen molar-refractivity contribution in [1.29, 1.82) is 0 Å². The van der Waals surface area contributed by atoms with Crippen molar-refractivity contribution in [2.75, 3.05) is 0 Å². The Morgan fingerprint density at radius 1 is 1.64 bits per heavy atom. The van der Waals surface area contributed by atoms with Crippen molar-refractivity contribution < 1.29 is 9.90 Å². The number of benzene rings is 1. The van der Waals surface area contributed by atoms with Crippen LogP contribution in [-0.4, -0.2) is 11.1 Å². The quantitative estimate of drug-likeness (QED) is 0.776. The van der Waals surface area contributed by atoms with Crippen molar-refractivity contribution in [1.82, 2.24) is 0 Å². The van der Waals surface area contributed by atoms with Crippen molar-refractivity contribution in [2.45, 2.75) is 12.3 Å². The first kappa shape index (κ1) is 10.6. The average molecular weight is 209 g/mol. The van der Waals surface area contributed by atoms with E-state index in [1.54, 1.807) is 24.3 Å². The summed E-state index contributed by atoms with van der Waals surface area (Å²) in [6, 6.07) is 6.74. The highest BCUT2D eigenvalue weighted by Crippen LogP contribution is 2.22. The van der Waals surface area contributed by atoms with E-state index in [-0.39, 0.29) is 6.42 Å². The maximum atomic E-state index is 10.9. The van der Waals surface area contributed by atoms with Crippen LogP contribution in [0.25, 0.3) is 0 Å². The van der Waals surface area contributed by atoms with Crippen LogP contribution in [-0.2, 0) is 4.79 Å². The van der Waals surface area contributed by atoms with Gasteiger partial charge in [0, 0.05) is 11.4 Å². The molecule has 2 nitrogen and oxygen atoms in total. The van der Waals surface area contributed by atoms with Crippen LogP contribution >= 0.6 is 11.6 Å². The molecule has 0 amide bonds. The number of carboxylic acid groups (broad SMARTS) is 1. The molecule has 3 heteroatoms. The monoisotopic (exact) mass is 208 g/mol. The largest absolute Gasteiger partial charge is 0.481 e.